The monoisotopic (exact) mass is 402 g/mol. The highest BCUT2D eigenvalue weighted by Crippen LogP contribution is 2.35. The van der Waals surface area contributed by atoms with Gasteiger partial charge in [-0.25, -0.2) is 4.98 Å². The maximum absolute atomic E-state index is 13.0. The van der Waals surface area contributed by atoms with Crippen LogP contribution in [0.1, 0.15) is 44.0 Å². The van der Waals surface area contributed by atoms with Crippen molar-refractivity contribution < 1.29 is 4.79 Å². The van der Waals surface area contributed by atoms with Crippen LogP contribution in [0.2, 0.25) is 0 Å². The van der Waals surface area contributed by atoms with Gasteiger partial charge in [-0.2, -0.15) is 0 Å². The summed E-state index contributed by atoms with van der Waals surface area (Å²) in [7, 11) is 0. The Morgan fingerprint density at radius 2 is 1.77 bits per heavy atom. The normalized spacial score (nSPS) is 16.2. The molecule has 1 aliphatic carbocycles. The van der Waals surface area contributed by atoms with Crippen molar-refractivity contribution >= 4 is 28.2 Å². The Labute approximate surface area is 175 Å². The van der Waals surface area contributed by atoms with E-state index in [4.69, 9.17) is 4.98 Å². The highest BCUT2D eigenvalue weighted by Gasteiger charge is 2.28. The lowest BCUT2D eigenvalue weighted by atomic mass is 10.2. The average molecular weight is 402 g/mol. The number of aryl methyl sites for hydroxylation is 1. The van der Waals surface area contributed by atoms with Gasteiger partial charge in [0.2, 0.25) is 5.91 Å². The van der Waals surface area contributed by atoms with Crippen LogP contribution in [-0.2, 0) is 11.2 Å². The van der Waals surface area contributed by atoms with Crippen molar-refractivity contribution in [3.8, 4) is 0 Å². The fourth-order valence-corrected chi connectivity index (χ4v) is 4.33. The molecule has 5 rings (SSSR count). The quantitative estimate of drug-likeness (QED) is 0.679. The molecule has 1 saturated heterocycles. The largest absolute Gasteiger partial charge is 0.370 e. The average Bonchev–Trinajstić information content (AvgIpc) is 3.45. The van der Waals surface area contributed by atoms with Gasteiger partial charge in [-0.15, -0.1) is 0 Å². The number of hydrogen-bond donors (Lipinski definition) is 1. The molecular weight excluding hydrogens is 376 g/mol. The zero-order chi connectivity index (χ0) is 20.5. The highest BCUT2D eigenvalue weighted by molar-refractivity contribution is 5.94. The summed E-state index contributed by atoms with van der Waals surface area (Å²) in [5.41, 5.74) is 2.66. The summed E-state index contributed by atoms with van der Waals surface area (Å²) in [5, 5.41) is 3.73. The summed E-state index contributed by atoms with van der Waals surface area (Å²) in [5.74, 6) is 0.663. The number of rotatable bonds is 6. The second-order valence-electron chi connectivity index (χ2n) is 8.21. The summed E-state index contributed by atoms with van der Waals surface area (Å²) in [6.45, 7) is 2.06. The summed E-state index contributed by atoms with van der Waals surface area (Å²) in [6, 6.07) is 15.7. The van der Waals surface area contributed by atoms with E-state index in [1.807, 2.05) is 47.0 Å². The Hall–Kier alpha value is -3.15. The van der Waals surface area contributed by atoms with Gasteiger partial charge in [-0.05, 0) is 49.9 Å². The summed E-state index contributed by atoms with van der Waals surface area (Å²) < 4.78 is 1.81. The topological polar surface area (TPSA) is 67.2 Å². The Bertz CT molecular complexity index is 1140. The molecule has 2 aliphatic rings. The smallest absolute Gasteiger partial charge is 0.261 e. The molecule has 154 valence electrons. The van der Waals surface area contributed by atoms with Gasteiger partial charge in [0, 0.05) is 32.0 Å². The van der Waals surface area contributed by atoms with Crippen molar-refractivity contribution in [1.82, 2.24) is 9.55 Å². The number of carbonyl (C=O) groups is 1. The Kier molecular flexibility index (Phi) is 4.99. The SMILES string of the molecule is O=C(CCc1nc2ccccc2c(=O)n1C1CC1)Nc1ccccc1N1CCCC1. The number of para-hydroxylation sites is 3. The van der Waals surface area contributed by atoms with Crippen molar-refractivity contribution in [2.75, 3.05) is 23.3 Å². The maximum Gasteiger partial charge on any atom is 0.261 e. The predicted molar refractivity (Wildman–Crippen MR) is 119 cm³/mol. The van der Waals surface area contributed by atoms with Gasteiger partial charge in [0.1, 0.15) is 5.82 Å². The van der Waals surface area contributed by atoms with E-state index in [0.29, 0.717) is 29.6 Å². The molecule has 30 heavy (non-hydrogen) atoms. The lowest BCUT2D eigenvalue weighted by Crippen LogP contribution is -2.26. The number of aromatic nitrogens is 2. The van der Waals surface area contributed by atoms with Crippen LogP contribution in [-0.4, -0.2) is 28.5 Å². The van der Waals surface area contributed by atoms with Gasteiger partial charge in [-0.3, -0.25) is 14.2 Å². The van der Waals surface area contributed by atoms with E-state index in [1.165, 1.54) is 12.8 Å². The second-order valence-corrected chi connectivity index (χ2v) is 8.21. The number of anilines is 2. The predicted octanol–water partition coefficient (Wildman–Crippen LogP) is 3.90. The molecule has 0 atom stereocenters. The van der Waals surface area contributed by atoms with Gasteiger partial charge in [-0.1, -0.05) is 24.3 Å². The van der Waals surface area contributed by atoms with E-state index < -0.39 is 0 Å². The van der Waals surface area contributed by atoms with Gasteiger partial charge in [0.15, 0.2) is 0 Å². The maximum atomic E-state index is 13.0. The lowest BCUT2D eigenvalue weighted by Gasteiger charge is -2.21. The molecule has 0 spiro atoms. The number of benzene rings is 2. The minimum Gasteiger partial charge on any atom is -0.370 e. The van der Waals surface area contributed by atoms with Crippen molar-refractivity contribution in [2.45, 2.75) is 44.6 Å². The number of carbonyl (C=O) groups excluding carboxylic acids is 1. The Morgan fingerprint density at radius 3 is 2.57 bits per heavy atom. The van der Waals surface area contributed by atoms with E-state index in [9.17, 15) is 9.59 Å². The van der Waals surface area contributed by atoms with E-state index in [-0.39, 0.29) is 17.5 Å². The first-order valence-electron chi connectivity index (χ1n) is 10.8. The Morgan fingerprint density at radius 1 is 1.03 bits per heavy atom. The van der Waals surface area contributed by atoms with Crippen molar-refractivity contribution in [3.05, 3.63) is 64.7 Å². The molecule has 1 amide bonds. The van der Waals surface area contributed by atoms with Gasteiger partial charge in [0.25, 0.3) is 5.56 Å². The highest BCUT2D eigenvalue weighted by atomic mass is 16.1. The molecule has 1 aromatic heterocycles. The second kappa shape index (κ2) is 7.94. The molecule has 2 fully saturated rings. The zero-order valence-corrected chi connectivity index (χ0v) is 17.0. The fourth-order valence-electron chi connectivity index (χ4n) is 4.33. The number of nitrogens with one attached hydrogen (secondary N) is 1. The molecule has 3 aromatic rings. The molecule has 1 aliphatic heterocycles. The van der Waals surface area contributed by atoms with Gasteiger partial charge >= 0.3 is 0 Å². The third-order valence-electron chi connectivity index (χ3n) is 5.99. The molecule has 1 N–H and O–H groups in total. The van der Waals surface area contributed by atoms with E-state index >= 15 is 0 Å². The van der Waals surface area contributed by atoms with Crippen LogP contribution in [0.15, 0.2) is 53.3 Å². The van der Waals surface area contributed by atoms with Crippen molar-refractivity contribution in [1.29, 1.82) is 0 Å². The first kappa shape index (κ1) is 18.9. The van der Waals surface area contributed by atoms with Crippen LogP contribution in [0.4, 0.5) is 11.4 Å². The van der Waals surface area contributed by atoms with Crippen LogP contribution >= 0.6 is 0 Å². The lowest BCUT2D eigenvalue weighted by molar-refractivity contribution is -0.116. The number of hydrogen-bond acceptors (Lipinski definition) is 4. The zero-order valence-electron chi connectivity index (χ0n) is 17.0. The molecule has 2 heterocycles. The standard InChI is InChI=1S/C24H26N4O2/c29-23(26-20-9-3-4-10-21(20)27-15-5-6-16-27)14-13-22-25-19-8-2-1-7-18(19)24(30)28(22)17-11-12-17/h1-4,7-10,17H,5-6,11-16H2,(H,26,29). The van der Waals surface area contributed by atoms with E-state index in [0.717, 1.165) is 37.3 Å². The molecule has 2 aromatic carbocycles. The molecular formula is C24H26N4O2. The van der Waals surface area contributed by atoms with Crippen LogP contribution in [0, 0.1) is 0 Å². The minimum absolute atomic E-state index is 0.0119. The number of nitrogens with zero attached hydrogens (tertiary/aromatic N) is 3. The molecule has 6 nitrogen and oxygen atoms in total. The van der Waals surface area contributed by atoms with E-state index in [1.54, 1.807) is 0 Å². The molecule has 6 heteroatoms. The number of fused-ring (bicyclic) bond motifs is 1. The number of amides is 1. The first-order chi connectivity index (χ1) is 14.7. The molecule has 0 unspecified atom stereocenters. The summed E-state index contributed by atoms with van der Waals surface area (Å²) >= 11 is 0. The van der Waals surface area contributed by atoms with Gasteiger partial charge in [0.05, 0.1) is 22.3 Å². The van der Waals surface area contributed by atoms with Crippen LogP contribution in [0.5, 0.6) is 0 Å². The Balaban J connectivity index is 1.35. The van der Waals surface area contributed by atoms with Crippen molar-refractivity contribution in [2.24, 2.45) is 0 Å². The van der Waals surface area contributed by atoms with E-state index in [2.05, 4.69) is 16.3 Å². The molecule has 1 saturated carbocycles. The molecule has 0 bridgehead atoms. The summed E-state index contributed by atoms with van der Waals surface area (Å²) in [6.07, 6.45) is 5.13. The van der Waals surface area contributed by atoms with Crippen LogP contribution < -0.4 is 15.8 Å². The first-order valence-corrected chi connectivity index (χ1v) is 10.8. The van der Waals surface area contributed by atoms with Crippen LogP contribution in [0.3, 0.4) is 0 Å². The third-order valence-corrected chi connectivity index (χ3v) is 5.99. The third kappa shape index (κ3) is 3.70. The van der Waals surface area contributed by atoms with Crippen molar-refractivity contribution in [3.63, 3.8) is 0 Å². The summed E-state index contributed by atoms with van der Waals surface area (Å²) in [4.78, 5) is 32.8. The molecule has 0 radical (unpaired) electrons. The van der Waals surface area contributed by atoms with Gasteiger partial charge < -0.3 is 10.2 Å². The fraction of sp³-hybridized carbons (Fsp3) is 0.375. The van der Waals surface area contributed by atoms with Crippen LogP contribution in [0.25, 0.3) is 10.9 Å². The minimum atomic E-state index is -0.0496.